The Hall–Kier alpha value is -1.87. The fourth-order valence-corrected chi connectivity index (χ4v) is 2.35. The lowest BCUT2D eigenvalue weighted by atomic mass is 9.95. The summed E-state index contributed by atoms with van der Waals surface area (Å²) < 4.78 is 5.76. The quantitative estimate of drug-likeness (QED) is 0.905. The molecule has 1 aromatic carbocycles. The van der Waals surface area contributed by atoms with Gasteiger partial charge in [0.25, 0.3) is 0 Å². The second kappa shape index (κ2) is 5.63. The minimum absolute atomic E-state index is 0.108. The summed E-state index contributed by atoms with van der Waals surface area (Å²) in [5.74, 6) is 0.939. The molecule has 1 fully saturated rings. The lowest BCUT2D eigenvalue weighted by Gasteiger charge is -2.16. The molecule has 3 heteroatoms. The highest BCUT2D eigenvalue weighted by atomic mass is 16.5. The van der Waals surface area contributed by atoms with Crippen LogP contribution in [0.2, 0.25) is 0 Å². The summed E-state index contributed by atoms with van der Waals surface area (Å²) >= 11 is 0. The zero-order valence-electron chi connectivity index (χ0n) is 11.8. The third kappa shape index (κ3) is 2.83. The van der Waals surface area contributed by atoms with E-state index in [1.54, 1.807) is 6.20 Å². The zero-order chi connectivity index (χ0) is 13.9. The van der Waals surface area contributed by atoms with Crippen molar-refractivity contribution in [1.29, 1.82) is 0 Å². The number of benzene rings is 1. The predicted octanol–water partition coefficient (Wildman–Crippen LogP) is 3.23. The summed E-state index contributed by atoms with van der Waals surface area (Å²) in [7, 11) is 0. The molecule has 3 rings (SSSR count). The number of ether oxygens (including phenoxy) is 1. The average molecular weight is 268 g/mol. The van der Waals surface area contributed by atoms with Gasteiger partial charge in [0.15, 0.2) is 0 Å². The number of rotatable bonds is 5. The summed E-state index contributed by atoms with van der Waals surface area (Å²) in [5.41, 5.74) is 9.85. The Labute approximate surface area is 119 Å². The summed E-state index contributed by atoms with van der Waals surface area (Å²) in [6.07, 6.45) is 7.44. The number of nitrogens with two attached hydrogens (primary N) is 1. The molecule has 104 valence electrons. The van der Waals surface area contributed by atoms with Crippen LogP contribution in [0, 0.1) is 0 Å². The number of pyridine rings is 1. The molecule has 2 aromatic rings. The standard InChI is InChI=1S/C17H20N2O/c1-2-12-11-19-10-9-16(12)17(18)13-3-5-14(6-4-13)20-15-7-8-15/h3-6,9-11,15,17H,2,7-8,18H2,1H3. The number of aromatic nitrogens is 1. The van der Waals surface area contributed by atoms with E-state index >= 15 is 0 Å². The van der Waals surface area contributed by atoms with E-state index in [-0.39, 0.29) is 6.04 Å². The molecule has 0 bridgehead atoms. The smallest absolute Gasteiger partial charge is 0.119 e. The predicted molar refractivity (Wildman–Crippen MR) is 79.7 cm³/mol. The van der Waals surface area contributed by atoms with Crippen molar-refractivity contribution in [2.24, 2.45) is 5.73 Å². The second-order valence-corrected chi connectivity index (χ2v) is 5.29. The molecule has 20 heavy (non-hydrogen) atoms. The molecule has 0 spiro atoms. The van der Waals surface area contributed by atoms with Gasteiger partial charge in [-0.05, 0) is 54.2 Å². The summed E-state index contributed by atoms with van der Waals surface area (Å²) in [6.45, 7) is 2.12. The van der Waals surface area contributed by atoms with Crippen molar-refractivity contribution in [3.63, 3.8) is 0 Å². The van der Waals surface area contributed by atoms with Crippen LogP contribution in [0.25, 0.3) is 0 Å². The molecule has 1 heterocycles. The maximum atomic E-state index is 6.39. The van der Waals surface area contributed by atoms with Crippen LogP contribution < -0.4 is 10.5 Å². The normalized spacial score (nSPS) is 15.9. The molecule has 0 radical (unpaired) electrons. The van der Waals surface area contributed by atoms with Crippen molar-refractivity contribution < 1.29 is 4.74 Å². The molecule has 1 aliphatic rings. The van der Waals surface area contributed by atoms with E-state index < -0.39 is 0 Å². The van der Waals surface area contributed by atoms with Gasteiger partial charge in [-0.15, -0.1) is 0 Å². The van der Waals surface area contributed by atoms with Crippen molar-refractivity contribution in [2.75, 3.05) is 0 Å². The highest BCUT2D eigenvalue weighted by molar-refractivity contribution is 5.38. The Bertz CT molecular complexity index is 576. The van der Waals surface area contributed by atoms with Gasteiger partial charge >= 0.3 is 0 Å². The Morgan fingerprint density at radius 2 is 2.00 bits per heavy atom. The number of aryl methyl sites for hydroxylation is 1. The van der Waals surface area contributed by atoms with Crippen molar-refractivity contribution in [3.05, 3.63) is 59.4 Å². The monoisotopic (exact) mass is 268 g/mol. The first kappa shape index (κ1) is 13.1. The van der Waals surface area contributed by atoms with Crippen molar-refractivity contribution in [3.8, 4) is 5.75 Å². The molecule has 3 nitrogen and oxygen atoms in total. The molecule has 0 saturated heterocycles. The van der Waals surface area contributed by atoms with Gasteiger partial charge in [-0.2, -0.15) is 0 Å². The fraction of sp³-hybridized carbons (Fsp3) is 0.353. The van der Waals surface area contributed by atoms with Crippen LogP contribution in [0.4, 0.5) is 0 Å². The molecule has 0 aliphatic heterocycles. The third-order valence-corrected chi connectivity index (χ3v) is 3.72. The van der Waals surface area contributed by atoms with Crippen LogP contribution in [-0.4, -0.2) is 11.1 Å². The van der Waals surface area contributed by atoms with E-state index in [0.717, 1.165) is 23.3 Å². The maximum Gasteiger partial charge on any atom is 0.119 e. The van der Waals surface area contributed by atoms with Crippen LogP contribution >= 0.6 is 0 Å². The van der Waals surface area contributed by atoms with Crippen LogP contribution in [0.15, 0.2) is 42.7 Å². The number of hydrogen-bond acceptors (Lipinski definition) is 3. The molecule has 0 amide bonds. The lowest BCUT2D eigenvalue weighted by molar-refractivity contribution is 0.303. The van der Waals surface area contributed by atoms with E-state index in [0.29, 0.717) is 6.10 Å². The fourth-order valence-electron chi connectivity index (χ4n) is 2.35. The molecule has 1 unspecified atom stereocenters. The lowest BCUT2D eigenvalue weighted by Crippen LogP contribution is -2.14. The Morgan fingerprint density at radius 3 is 2.65 bits per heavy atom. The average Bonchev–Trinajstić information content (AvgIpc) is 3.31. The molecule has 2 N–H and O–H groups in total. The van der Waals surface area contributed by atoms with Gasteiger partial charge in [0.1, 0.15) is 5.75 Å². The Morgan fingerprint density at radius 1 is 1.25 bits per heavy atom. The first-order valence-corrected chi connectivity index (χ1v) is 7.23. The highest BCUT2D eigenvalue weighted by Gasteiger charge is 2.23. The maximum absolute atomic E-state index is 6.39. The molecule has 1 aliphatic carbocycles. The summed E-state index contributed by atoms with van der Waals surface area (Å²) in [5, 5.41) is 0. The van der Waals surface area contributed by atoms with Crippen LogP contribution in [0.3, 0.4) is 0 Å². The topological polar surface area (TPSA) is 48.1 Å². The Kier molecular flexibility index (Phi) is 3.70. The van der Waals surface area contributed by atoms with E-state index in [4.69, 9.17) is 10.5 Å². The molecule has 1 atom stereocenters. The van der Waals surface area contributed by atoms with Gasteiger partial charge in [-0.3, -0.25) is 4.98 Å². The number of nitrogens with zero attached hydrogens (tertiary/aromatic N) is 1. The first-order valence-electron chi connectivity index (χ1n) is 7.23. The zero-order valence-corrected chi connectivity index (χ0v) is 11.8. The molecule has 1 saturated carbocycles. The van der Waals surface area contributed by atoms with Gasteiger partial charge < -0.3 is 10.5 Å². The SMILES string of the molecule is CCc1cnccc1C(N)c1ccc(OC2CC2)cc1. The van der Waals surface area contributed by atoms with Gasteiger partial charge in [-0.1, -0.05) is 19.1 Å². The van der Waals surface area contributed by atoms with E-state index in [1.807, 2.05) is 24.4 Å². The number of hydrogen-bond donors (Lipinski definition) is 1. The molecular formula is C17H20N2O. The second-order valence-electron chi connectivity index (χ2n) is 5.29. The van der Waals surface area contributed by atoms with Crippen molar-refractivity contribution in [1.82, 2.24) is 4.98 Å². The Balaban J connectivity index is 1.80. The van der Waals surface area contributed by atoms with Gasteiger partial charge in [0, 0.05) is 12.4 Å². The molecular weight excluding hydrogens is 248 g/mol. The summed E-state index contributed by atoms with van der Waals surface area (Å²) in [4.78, 5) is 4.17. The van der Waals surface area contributed by atoms with Crippen LogP contribution in [-0.2, 0) is 6.42 Å². The van der Waals surface area contributed by atoms with Crippen molar-refractivity contribution in [2.45, 2.75) is 38.3 Å². The van der Waals surface area contributed by atoms with Gasteiger partial charge in [0.2, 0.25) is 0 Å². The summed E-state index contributed by atoms with van der Waals surface area (Å²) in [6, 6.07) is 10.0. The van der Waals surface area contributed by atoms with Crippen LogP contribution in [0.5, 0.6) is 5.75 Å². The highest BCUT2D eigenvalue weighted by Crippen LogP contribution is 2.28. The van der Waals surface area contributed by atoms with Gasteiger partial charge in [-0.25, -0.2) is 0 Å². The van der Waals surface area contributed by atoms with E-state index in [1.165, 1.54) is 18.4 Å². The first-order chi connectivity index (χ1) is 9.78. The minimum Gasteiger partial charge on any atom is -0.490 e. The van der Waals surface area contributed by atoms with Gasteiger partial charge in [0.05, 0.1) is 12.1 Å². The van der Waals surface area contributed by atoms with E-state index in [2.05, 4.69) is 24.0 Å². The largest absolute Gasteiger partial charge is 0.490 e. The minimum atomic E-state index is -0.108. The van der Waals surface area contributed by atoms with Crippen molar-refractivity contribution >= 4 is 0 Å². The third-order valence-electron chi connectivity index (χ3n) is 3.72. The van der Waals surface area contributed by atoms with Crippen LogP contribution in [0.1, 0.15) is 42.5 Å². The van der Waals surface area contributed by atoms with E-state index in [9.17, 15) is 0 Å². The molecule has 1 aromatic heterocycles.